The predicted molar refractivity (Wildman–Crippen MR) is 106 cm³/mol. The van der Waals surface area contributed by atoms with Crippen LogP contribution in [0.3, 0.4) is 0 Å². The summed E-state index contributed by atoms with van der Waals surface area (Å²) in [5, 5.41) is 13.7. The SMILES string of the molecule is Cc1csc(C(O)(CC(=O)NCC(c2ccc(F)cc2)N2CCOCC2)C(F)(F)F)n1. The number of ether oxygens (including phenoxy) is 1. The van der Waals surface area contributed by atoms with Crippen molar-refractivity contribution in [2.75, 3.05) is 32.8 Å². The fourth-order valence-electron chi connectivity index (χ4n) is 3.38. The largest absolute Gasteiger partial charge is 0.424 e. The Labute approximate surface area is 180 Å². The minimum absolute atomic E-state index is 0.00466. The normalized spacial score (nSPS) is 18.4. The van der Waals surface area contributed by atoms with Crippen molar-refractivity contribution in [1.82, 2.24) is 15.2 Å². The molecule has 2 unspecified atom stereocenters. The molecule has 1 aliphatic heterocycles. The number of benzene rings is 1. The van der Waals surface area contributed by atoms with Gasteiger partial charge < -0.3 is 15.2 Å². The highest BCUT2D eigenvalue weighted by Crippen LogP contribution is 2.42. The summed E-state index contributed by atoms with van der Waals surface area (Å²) in [6.07, 6.45) is -6.28. The molecule has 0 aliphatic carbocycles. The van der Waals surface area contributed by atoms with E-state index in [0.29, 0.717) is 48.9 Å². The third-order valence-electron chi connectivity index (χ3n) is 5.09. The van der Waals surface area contributed by atoms with Gasteiger partial charge in [-0.05, 0) is 24.6 Å². The number of nitrogens with one attached hydrogen (secondary N) is 1. The molecule has 1 saturated heterocycles. The third kappa shape index (κ3) is 5.59. The number of morpholine rings is 1. The van der Waals surface area contributed by atoms with Gasteiger partial charge in [0.05, 0.1) is 25.7 Å². The Morgan fingerprint density at radius 1 is 1.29 bits per heavy atom. The maximum absolute atomic E-state index is 13.6. The molecular formula is C20H23F4N3O3S. The van der Waals surface area contributed by atoms with Crippen LogP contribution < -0.4 is 5.32 Å². The molecule has 0 spiro atoms. The summed E-state index contributed by atoms with van der Waals surface area (Å²) in [5.74, 6) is -1.38. The van der Waals surface area contributed by atoms with Crippen LogP contribution in [0.2, 0.25) is 0 Å². The number of halogens is 4. The van der Waals surface area contributed by atoms with Crippen molar-refractivity contribution in [3.8, 4) is 0 Å². The number of aryl methyl sites for hydroxylation is 1. The van der Waals surface area contributed by atoms with Gasteiger partial charge in [0.2, 0.25) is 11.5 Å². The number of thiazole rings is 1. The van der Waals surface area contributed by atoms with Crippen LogP contribution >= 0.6 is 11.3 Å². The van der Waals surface area contributed by atoms with E-state index in [1.807, 2.05) is 4.90 Å². The van der Waals surface area contributed by atoms with Crippen molar-refractivity contribution in [3.05, 3.63) is 51.7 Å². The summed E-state index contributed by atoms with van der Waals surface area (Å²) in [6.45, 7) is 3.57. The van der Waals surface area contributed by atoms with E-state index in [-0.39, 0.29) is 12.6 Å². The second kappa shape index (κ2) is 9.60. The molecule has 3 rings (SSSR count). The molecule has 0 saturated carbocycles. The van der Waals surface area contributed by atoms with E-state index in [1.54, 1.807) is 12.1 Å². The van der Waals surface area contributed by atoms with E-state index in [9.17, 15) is 27.5 Å². The van der Waals surface area contributed by atoms with Gasteiger partial charge in [0.25, 0.3) is 0 Å². The summed E-state index contributed by atoms with van der Waals surface area (Å²) < 4.78 is 59.5. The number of aromatic nitrogens is 1. The Balaban J connectivity index is 1.74. The van der Waals surface area contributed by atoms with E-state index >= 15 is 0 Å². The lowest BCUT2D eigenvalue weighted by Crippen LogP contribution is -2.48. The summed E-state index contributed by atoms with van der Waals surface area (Å²) in [5.41, 5.74) is -2.34. The zero-order valence-electron chi connectivity index (χ0n) is 16.8. The summed E-state index contributed by atoms with van der Waals surface area (Å²) >= 11 is 0.652. The number of hydrogen-bond acceptors (Lipinski definition) is 6. The molecule has 1 amide bonds. The quantitative estimate of drug-likeness (QED) is 0.621. The molecule has 11 heteroatoms. The smallest absolute Gasteiger partial charge is 0.379 e. The molecule has 31 heavy (non-hydrogen) atoms. The second-order valence-electron chi connectivity index (χ2n) is 7.35. The first-order chi connectivity index (χ1) is 14.6. The fourth-order valence-corrected chi connectivity index (χ4v) is 4.29. The van der Waals surface area contributed by atoms with E-state index in [2.05, 4.69) is 10.3 Å². The maximum Gasteiger partial charge on any atom is 0.424 e. The van der Waals surface area contributed by atoms with Crippen molar-refractivity contribution in [2.45, 2.75) is 31.2 Å². The summed E-state index contributed by atoms with van der Waals surface area (Å²) in [4.78, 5) is 18.2. The first kappa shape index (κ1) is 23.6. The molecule has 1 aromatic carbocycles. The Morgan fingerprint density at radius 2 is 1.94 bits per heavy atom. The van der Waals surface area contributed by atoms with Gasteiger partial charge >= 0.3 is 6.18 Å². The van der Waals surface area contributed by atoms with Crippen molar-refractivity contribution in [1.29, 1.82) is 0 Å². The lowest BCUT2D eigenvalue weighted by atomic mass is 9.98. The maximum atomic E-state index is 13.6. The van der Waals surface area contributed by atoms with Gasteiger partial charge in [-0.1, -0.05) is 12.1 Å². The Hall–Kier alpha value is -2.08. The van der Waals surface area contributed by atoms with E-state index in [4.69, 9.17) is 4.74 Å². The molecule has 2 aromatic rings. The molecular weight excluding hydrogens is 438 g/mol. The lowest BCUT2D eigenvalue weighted by molar-refractivity contribution is -0.267. The van der Waals surface area contributed by atoms with Crippen molar-refractivity contribution >= 4 is 17.2 Å². The average molecular weight is 461 g/mol. The van der Waals surface area contributed by atoms with Crippen LogP contribution in [0.1, 0.15) is 28.7 Å². The standard InChI is InChI=1S/C20H23F4N3O3S/c1-13-12-31-18(26-13)19(29,20(22,23)24)10-17(28)25-11-16(27-6-8-30-9-7-27)14-2-4-15(21)5-3-14/h2-5,12,16,29H,6-11H2,1H3,(H,25,28). The van der Waals surface area contributed by atoms with Gasteiger partial charge in [-0.15, -0.1) is 11.3 Å². The van der Waals surface area contributed by atoms with E-state index in [0.717, 1.165) is 0 Å². The van der Waals surface area contributed by atoms with Crippen molar-refractivity contribution in [2.24, 2.45) is 0 Å². The highest BCUT2D eigenvalue weighted by molar-refractivity contribution is 7.09. The molecule has 6 nitrogen and oxygen atoms in total. The van der Waals surface area contributed by atoms with Gasteiger partial charge in [0.1, 0.15) is 10.8 Å². The van der Waals surface area contributed by atoms with Crippen LogP contribution in [0.25, 0.3) is 0 Å². The molecule has 1 aliphatic rings. The predicted octanol–water partition coefficient (Wildman–Crippen LogP) is 2.92. The molecule has 2 heterocycles. The van der Waals surface area contributed by atoms with Crippen LogP contribution in [0.5, 0.6) is 0 Å². The van der Waals surface area contributed by atoms with Crippen molar-refractivity contribution in [3.63, 3.8) is 0 Å². The Kier molecular flexibility index (Phi) is 7.30. The number of carbonyl (C=O) groups excluding carboxylic acids is 1. The molecule has 2 atom stereocenters. The number of hydrogen-bond donors (Lipinski definition) is 2. The number of alkyl halides is 3. The second-order valence-corrected chi connectivity index (χ2v) is 8.21. The lowest BCUT2D eigenvalue weighted by Gasteiger charge is -2.35. The number of rotatable bonds is 7. The van der Waals surface area contributed by atoms with Crippen LogP contribution in [0.15, 0.2) is 29.6 Å². The first-order valence-electron chi connectivity index (χ1n) is 9.66. The molecule has 1 fully saturated rings. The van der Waals surface area contributed by atoms with Crippen LogP contribution in [0, 0.1) is 12.7 Å². The zero-order valence-corrected chi connectivity index (χ0v) is 17.6. The highest BCUT2D eigenvalue weighted by atomic mass is 32.1. The van der Waals surface area contributed by atoms with Gasteiger partial charge in [0, 0.05) is 30.7 Å². The van der Waals surface area contributed by atoms with Gasteiger partial charge in [-0.25, -0.2) is 9.37 Å². The van der Waals surface area contributed by atoms with Gasteiger partial charge in [-0.2, -0.15) is 13.2 Å². The number of aliphatic hydroxyl groups is 1. The molecule has 1 aromatic heterocycles. The van der Waals surface area contributed by atoms with Crippen LogP contribution in [-0.2, 0) is 15.1 Å². The third-order valence-corrected chi connectivity index (χ3v) is 6.20. The number of nitrogens with zero attached hydrogens (tertiary/aromatic N) is 2. The monoisotopic (exact) mass is 461 g/mol. The van der Waals surface area contributed by atoms with Crippen molar-refractivity contribution < 1.29 is 32.2 Å². The Morgan fingerprint density at radius 3 is 2.48 bits per heavy atom. The van der Waals surface area contributed by atoms with Gasteiger partial charge in [-0.3, -0.25) is 9.69 Å². The highest BCUT2D eigenvalue weighted by Gasteiger charge is 2.58. The molecule has 0 radical (unpaired) electrons. The molecule has 0 bridgehead atoms. The fraction of sp³-hybridized carbons (Fsp3) is 0.500. The average Bonchev–Trinajstić information content (AvgIpc) is 3.16. The summed E-state index contributed by atoms with van der Waals surface area (Å²) in [7, 11) is 0. The van der Waals surface area contributed by atoms with Crippen LogP contribution in [-0.4, -0.2) is 59.9 Å². The zero-order chi connectivity index (χ0) is 22.6. The minimum Gasteiger partial charge on any atom is -0.379 e. The number of carbonyl (C=O) groups is 1. The Bertz CT molecular complexity index is 885. The topological polar surface area (TPSA) is 74.7 Å². The van der Waals surface area contributed by atoms with E-state index < -0.39 is 34.9 Å². The minimum atomic E-state index is -5.07. The van der Waals surface area contributed by atoms with Gasteiger partial charge in [0.15, 0.2) is 0 Å². The molecule has 170 valence electrons. The first-order valence-corrected chi connectivity index (χ1v) is 10.5. The van der Waals surface area contributed by atoms with E-state index in [1.165, 1.54) is 24.4 Å². The summed E-state index contributed by atoms with van der Waals surface area (Å²) in [6, 6.07) is 5.35. The number of amides is 1. The van der Waals surface area contributed by atoms with Crippen LogP contribution in [0.4, 0.5) is 17.6 Å². The molecule has 2 N–H and O–H groups in total.